The third-order valence-corrected chi connectivity index (χ3v) is 4.51. The fourth-order valence-electron chi connectivity index (χ4n) is 1.27. The third-order valence-electron chi connectivity index (χ3n) is 2.45. The number of nitrogens with zero attached hydrogens (tertiary/aromatic N) is 1. The molecule has 3 heteroatoms. The van der Waals surface area contributed by atoms with Gasteiger partial charge in [0.1, 0.15) is 0 Å². The molecule has 0 bridgehead atoms. The minimum atomic E-state index is 0.0338. The van der Waals surface area contributed by atoms with Gasteiger partial charge in [-0.1, -0.05) is 31.6 Å². The Kier molecular flexibility index (Phi) is 3.77. The second-order valence-electron chi connectivity index (χ2n) is 5.28. The van der Waals surface area contributed by atoms with E-state index in [9.17, 15) is 0 Å². The van der Waals surface area contributed by atoms with Gasteiger partial charge in [0.2, 0.25) is 0 Å². The molecule has 0 saturated heterocycles. The molecule has 1 rings (SSSR count). The minimum Gasteiger partial charge on any atom is -0.261 e. The molecule has 1 heterocycles. The average Bonchev–Trinajstić information content (AvgIpc) is 2.17. The van der Waals surface area contributed by atoms with Crippen LogP contribution in [0.5, 0.6) is 0 Å². The van der Waals surface area contributed by atoms with E-state index in [2.05, 4.69) is 63.4 Å². The summed E-state index contributed by atoms with van der Waals surface area (Å²) in [6.45, 7) is 10.9. The highest BCUT2D eigenvalue weighted by Gasteiger charge is 2.23. The van der Waals surface area contributed by atoms with Gasteiger partial charge < -0.3 is 0 Å². The molecule has 15 heavy (non-hydrogen) atoms. The Morgan fingerprint density at radius 1 is 1.20 bits per heavy atom. The standard InChI is InChI=1S/C12H19NS2/c1-11(2,3)10-8-9(6-7-13-10)12(4,5)15-14/h6-8,14H,1-5H3. The van der Waals surface area contributed by atoms with Crippen LogP contribution in [0.3, 0.4) is 0 Å². The van der Waals surface area contributed by atoms with Crippen molar-refractivity contribution in [3.05, 3.63) is 29.6 Å². The van der Waals surface area contributed by atoms with Crippen LogP contribution < -0.4 is 0 Å². The molecule has 0 radical (unpaired) electrons. The first-order valence-corrected chi connectivity index (χ1v) is 6.94. The largest absolute Gasteiger partial charge is 0.261 e. The number of pyridine rings is 1. The molecule has 0 fully saturated rings. The van der Waals surface area contributed by atoms with Crippen LogP contribution in [0.25, 0.3) is 0 Å². The van der Waals surface area contributed by atoms with E-state index >= 15 is 0 Å². The number of aromatic nitrogens is 1. The molecule has 84 valence electrons. The molecule has 0 aliphatic rings. The Morgan fingerprint density at radius 2 is 1.80 bits per heavy atom. The van der Waals surface area contributed by atoms with E-state index in [-0.39, 0.29) is 10.2 Å². The van der Waals surface area contributed by atoms with Crippen LogP contribution in [0.2, 0.25) is 0 Å². The highest BCUT2D eigenvalue weighted by atomic mass is 33.1. The molecule has 1 aromatic rings. The molecular weight excluding hydrogens is 222 g/mol. The van der Waals surface area contributed by atoms with Crippen molar-refractivity contribution in [2.45, 2.75) is 44.8 Å². The van der Waals surface area contributed by atoms with Crippen molar-refractivity contribution < 1.29 is 0 Å². The maximum absolute atomic E-state index is 4.42. The van der Waals surface area contributed by atoms with Crippen molar-refractivity contribution in [2.75, 3.05) is 0 Å². The summed E-state index contributed by atoms with van der Waals surface area (Å²) in [5.41, 5.74) is 2.52. The summed E-state index contributed by atoms with van der Waals surface area (Å²) in [5.74, 6) is 0. The third kappa shape index (κ3) is 3.15. The predicted octanol–water partition coefficient (Wildman–Crippen LogP) is 4.19. The summed E-state index contributed by atoms with van der Waals surface area (Å²) >= 11 is 4.32. The molecule has 0 aliphatic heterocycles. The topological polar surface area (TPSA) is 12.9 Å². The molecular formula is C12H19NS2. The van der Waals surface area contributed by atoms with Crippen molar-refractivity contribution in [2.24, 2.45) is 0 Å². The SMILES string of the molecule is CC(C)(C)c1cc(C(C)(C)SS)ccn1. The maximum Gasteiger partial charge on any atom is 0.0460 e. The Balaban J connectivity index is 3.14. The summed E-state index contributed by atoms with van der Waals surface area (Å²) in [6, 6.07) is 4.25. The predicted molar refractivity (Wildman–Crippen MR) is 72.5 cm³/mol. The fraction of sp³-hybridized carbons (Fsp3) is 0.583. The first kappa shape index (κ1) is 12.9. The zero-order valence-corrected chi connectivity index (χ0v) is 11.7. The highest BCUT2D eigenvalue weighted by molar-refractivity contribution is 8.68. The van der Waals surface area contributed by atoms with E-state index in [0.717, 1.165) is 5.69 Å². The van der Waals surface area contributed by atoms with Crippen LogP contribution in [0.1, 0.15) is 45.9 Å². The Hall–Kier alpha value is -0.150. The van der Waals surface area contributed by atoms with E-state index in [4.69, 9.17) is 0 Å². The van der Waals surface area contributed by atoms with Crippen LogP contribution in [-0.4, -0.2) is 4.98 Å². The van der Waals surface area contributed by atoms with Gasteiger partial charge in [0, 0.05) is 22.1 Å². The molecule has 1 aromatic heterocycles. The normalized spacial score (nSPS) is 12.9. The number of hydrogen-bond acceptors (Lipinski definition) is 3. The first-order chi connectivity index (χ1) is 6.77. The van der Waals surface area contributed by atoms with Gasteiger partial charge in [0.05, 0.1) is 0 Å². The van der Waals surface area contributed by atoms with Crippen molar-refractivity contribution in [1.82, 2.24) is 4.98 Å². The van der Waals surface area contributed by atoms with Crippen molar-refractivity contribution in [3.63, 3.8) is 0 Å². The van der Waals surface area contributed by atoms with Crippen LogP contribution in [0.15, 0.2) is 18.3 Å². The van der Waals surface area contributed by atoms with Gasteiger partial charge in [-0.15, -0.1) is 11.7 Å². The van der Waals surface area contributed by atoms with E-state index in [1.54, 1.807) is 10.8 Å². The molecule has 0 spiro atoms. The van der Waals surface area contributed by atoms with Gasteiger partial charge in [-0.25, -0.2) is 0 Å². The summed E-state index contributed by atoms with van der Waals surface area (Å²) in [4.78, 5) is 4.42. The molecule has 0 aliphatic carbocycles. The summed E-state index contributed by atoms with van der Waals surface area (Å²) in [7, 11) is 1.57. The monoisotopic (exact) mass is 241 g/mol. The smallest absolute Gasteiger partial charge is 0.0460 e. The van der Waals surface area contributed by atoms with E-state index < -0.39 is 0 Å². The highest BCUT2D eigenvalue weighted by Crippen LogP contribution is 2.38. The second kappa shape index (κ2) is 4.38. The van der Waals surface area contributed by atoms with Gasteiger partial charge in [0.15, 0.2) is 0 Å². The van der Waals surface area contributed by atoms with Gasteiger partial charge in [-0.3, -0.25) is 4.98 Å². The van der Waals surface area contributed by atoms with Crippen LogP contribution in [0, 0.1) is 0 Å². The van der Waals surface area contributed by atoms with Crippen molar-refractivity contribution in [1.29, 1.82) is 0 Å². The van der Waals surface area contributed by atoms with Crippen molar-refractivity contribution >= 4 is 22.5 Å². The lowest BCUT2D eigenvalue weighted by Gasteiger charge is -2.24. The van der Waals surface area contributed by atoms with E-state index in [1.165, 1.54) is 5.56 Å². The molecule has 1 nitrogen and oxygen atoms in total. The molecule has 0 N–H and O–H groups in total. The quantitative estimate of drug-likeness (QED) is 0.616. The minimum absolute atomic E-state index is 0.0338. The Bertz CT molecular complexity index is 340. The fourth-order valence-corrected chi connectivity index (χ4v) is 1.82. The summed E-state index contributed by atoms with van der Waals surface area (Å²) < 4.78 is 0.0338. The molecule has 0 atom stereocenters. The molecule has 0 unspecified atom stereocenters. The Labute approximate surface area is 102 Å². The van der Waals surface area contributed by atoms with Gasteiger partial charge in [-0.05, 0) is 31.5 Å². The summed E-state index contributed by atoms with van der Waals surface area (Å²) in [5, 5.41) is 0. The Morgan fingerprint density at radius 3 is 2.27 bits per heavy atom. The lowest BCUT2D eigenvalue weighted by molar-refractivity contribution is 0.566. The van der Waals surface area contributed by atoms with Crippen molar-refractivity contribution in [3.8, 4) is 0 Å². The molecule has 0 aromatic carbocycles. The van der Waals surface area contributed by atoms with Crippen LogP contribution >= 0.6 is 22.5 Å². The lowest BCUT2D eigenvalue weighted by Crippen LogP contribution is -2.17. The van der Waals surface area contributed by atoms with E-state index in [1.807, 2.05) is 6.20 Å². The molecule has 0 amide bonds. The average molecular weight is 241 g/mol. The van der Waals surface area contributed by atoms with Gasteiger partial charge in [-0.2, -0.15) is 0 Å². The second-order valence-corrected chi connectivity index (χ2v) is 7.03. The van der Waals surface area contributed by atoms with Crippen LogP contribution in [-0.2, 0) is 10.2 Å². The van der Waals surface area contributed by atoms with E-state index in [0.29, 0.717) is 0 Å². The zero-order valence-electron chi connectivity index (χ0n) is 10.0. The zero-order chi connectivity index (χ0) is 11.7. The summed E-state index contributed by atoms with van der Waals surface area (Å²) in [6.07, 6.45) is 1.89. The first-order valence-electron chi connectivity index (χ1n) is 5.07. The number of rotatable bonds is 2. The van der Waals surface area contributed by atoms with Gasteiger partial charge >= 0.3 is 0 Å². The molecule has 0 saturated carbocycles. The number of hydrogen-bond donors (Lipinski definition) is 1. The van der Waals surface area contributed by atoms with Gasteiger partial charge in [0.25, 0.3) is 0 Å². The number of thiol groups is 1. The lowest BCUT2D eigenvalue weighted by atomic mass is 9.89. The maximum atomic E-state index is 4.42. The van der Waals surface area contributed by atoms with Crippen LogP contribution in [0.4, 0.5) is 0 Å².